The van der Waals surface area contributed by atoms with E-state index < -0.39 is 11.3 Å². The number of rotatable bonds is 5. The molecular formula is C27H22BrClN4O2. The second-order valence-electron chi connectivity index (χ2n) is 8.54. The summed E-state index contributed by atoms with van der Waals surface area (Å²) in [6.45, 7) is 0.166. The molecule has 0 radical (unpaired) electrons. The lowest BCUT2D eigenvalue weighted by Crippen LogP contribution is -2.42. The molecule has 35 heavy (non-hydrogen) atoms. The Morgan fingerprint density at radius 1 is 1.14 bits per heavy atom. The van der Waals surface area contributed by atoms with Crippen LogP contribution in [0.4, 0.5) is 0 Å². The minimum atomic E-state index is -1.66. The quantitative estimate of drug-likeness (QED) is 0.469. The summed E-state index contributed by atoms with van der Waals surface area (Å²) in [5, 5.41) is 30.8. The van der Waals surface area contributed by atoms with Crippen LogP contribution in [0, 0.1) is 45.3 Å². The summed E-state index contributed by atoms with van der Waals surface area (Å²) in [5.74, 6) is 0.417. The minimum absolute atomic E-state index is 0.0228. The van der Waals surface area contributed by atoms with Gasteiger partial charge in [-0.05, 0) is 66.6 Å². The summed E-state index contributed by atoms with van der Waals surface area (Å²) in [4.78, 5) is 0. The molecule has 6 nitrogen and oxygen atoms in total. The molecule has 2 aromatic rings. The molecule has 176 valence electrons. The van der Waals surface area contributed by atoms with E-state index >= 15 is 0 Å². The van der Waals surface area contributed by atoms with Crippen LogP contribution in [-0.4, -0.2) is 7.11 Å². The molecule has 4 rings (SSSR count). The predicted molar refractivity (Wildman–Crippen MR) is 135 cm³/mol. The standard InChI is InChI=1S/C27H22BrClN4O2/c1-34-23-8-6-16(10-17(23)13-35-24-9-7-18(28)11-22(24)29)25-20-5-3-2-4-19(20)21(12-30)26(33)27(25,14-31)15-32/h4,6-11,20,25H,2-3,5,13,33H2,1H3/t20-,25-/m0/s1. The zero-order valence-electron chi connectivity index (χ0n) is 19.0. The van der Waals surface area contributed by atoms with E-state index in [2.05, 4.69) is 34.1 Å². The Hall–Kier alpha value is -3.44. The van der Waals surface area contributed by atoms with Crippen molar-refractivity contribution in [3.8, 4) is 29.7 Å². The van der Waals surface area contributed by atoms with Crippen molar-refractivity contribution < 1.29 is 9.47 Å². The largest absolute Gasteiger partial charge is 0.496 e. The van der Waals surface area contributed by atoms with Crippen LogP contribution in [0.3, 0.4) is 0 Å². The Kier molecular flexibility index (Phi) is 7.08. The third-order valence-electron chi connectivity index (χ3n) is 6.74. The van der Waals surface area contributed by atoms with Gasteiger partial charge in [0.25, 0.3) is 0 Å². The van der Waals surface area contributed by atoms with Gasteiger partial charge in [-0.3, -0.25) is 0 Å². The van der Waals surface area contributed by atoms with Crippen LogP contribution in [0.5, 0.6) is 11.5 Å². The Bertz CT molecular complexity index is 1350. The fourth-order valence-corrected chi connectivity index (χ4v) is 5.83. The van der Waals surface area contributed by atoms with Crippen LogP contribution >= 0.6 is 27.5 Å². The van der Waals surface area contributed by atoms with E-state index in [1.54, 1.807) is 19.2 Å². The molecule has 0 aromatic heterocycles. The summed E-state index contributed by atoms with van der Waals surface area (Å²) in [5.41, 5.74) is 7.35. The fraction of sp³-hybridized carbons (Fsp3) is 0.296. The van der Waals surface area contributed by atoms with Gasteiger partial charge in [-0.15, -0.1) is 0 Å². The van der Waals surface area contributed by atoms with Crippen molar-refractivity contribution in [3.63, 3.8) is 0 Å². The van der Waals surface area contributed by atoms with Crippen molar-refractivity contribution in [3.05, 3.63) is 79.9 Å². The number of allylic oxidation sites excluding steroid dienone is 4. The first-order valence-corrected chi connectivity index (χ1v) is 12.2. The Morgan fingerprint density at radius 3 is 2.54 bits per heavy atom. The second kappa shape index (κ2) is 10.0. The van der Waals surface area contributed by atoms with Gasteiger partial charge in [-0.1, -0.05) is 39.7 Å². The van der Waals surface area contributed by atoms with E-state index in [9.17, 15) is 15.8 Å². The third kappa shape index (κ3) is 4.25. The number of fused-ring (bicyclic) bond motifs is 1. The highest BCUT2D eigenvalue weighted by Gasteiger charge is 2.53. The predicted octanol–water partition coefficient (Wildman–Crippen LogP) is 6.28. The molecule has 8 heteroatoms. The van der Waals surface area contributed by atoms with E-state index in [0.29, 0.717) is 16.5 Å². The highest BCUT2D eigenvalue weighted by atomic mass is 79.9. The first-order chi connectivity index (χ1) is 16.9. The maximum absolute atomic E-state index is 10.2. The molecule has 2 aliphatic carbocycles. The highest BCUT2D eigenvalue weighted by Crippen LogP contribution is 2.56. The summed E-state index contributed by atoms with van der Waals surface area (Å²) in [6.07, 6.45) is 4.52. The molecule has 2 aromatic carbocycles. The number of hydrogen-bond acceptors (Lipinski definition) is 6. The first kappa shape index (κ1) is 24.7. The van der Waals surface area contributed by atoms with Gasteiger partial charge in [-0.25, -0.2) is 0 Å². The van der Waals surface area contributed by atoms with Gasteiger partial charge in [-0.2, -0.15) is 15.8 Å². The van der Waals surface area contributed by atoms with E-state index in [-0.39, 0.29) is 23.8 Å². The van der Waals surface area contributed by atoms with Gasteiger partial charge in [0.15, 0.2) is 5.41 Å². The molecule has 0 aliphatic heterocycles. The molecule has 0 heterocycles. The summed E-state index contributed by atoms with van der Waals surface area (Å²) < 4.78 is 12.4. The molecule has 0 spiro atoms. The molecule has 0 bridgehead atoms. The lowest BCUT2D eigenvalue weighted by molar-refractivity contribution is 0.294. The fourth-order valence-electron chi connectivity index (χ4n) is 5.10. The molecule has 0 unspecified atom stereocenters. The Labute approximate surface area is 217 Å². The maximum atomic E-state index is 10.2. The number of nitrogens with zero attached hydrogens (tertiary/aromatic N) is 3. The van der Waals surface area contributed by atoms with Crippen molar-refractivity contribution >= 4 is 27.5 Å². The van der Waals surface area contributed by atoms with Crippen molar-refractivity contribution in [1.82, 2.24) is 0 Å². The van der Waals surface area contributed by atoms with Gasteiger partial charge < -0.3 is 15.2 Å². The number of hydrogen-bond donors (Lipinski definition) is 1. The van der Waals surface area contributed by atoms with Crippen LogP contribution < -0.4 is 15.2 Å². The lowest BCUT2D eigenvalue weighted by atomic mass is 9.56. The SMILES string of the molecule is COc1ccc([C@H]2[C@H]3CCCC=C3C(C#N)=C(N)C2(C#N)C#N)cc1COc1ccc(Br)cc1Cl. The van der Waals surface area contributed by atoms with E-state index in [1.165, 1.54) is 0 Å². The normalized spacial score (nSPS) is 20.5. The number of ether oxygens (including phenoxy) is 2. The van der Waals surface area contributed by atoms with Crippen LogP contribution in [-0.2, 0) is 6.61 Å². The molecule has 2 N–H and O–H groups in total. The van der Waals surface area contributed by atoms with Crippen LogP contribution in [0.15, 0.2) is 63.8 Å². The van der Waals surface area contributed by atoms with Crippen molar-refractivity contribution in [2.75, 3.05) is 7.11 Å². The summed E-state index contributed by atoms with van der Waals surface area (Å²) >= 11 is 9.69. The lowest BCUT2D eigenvalue weighted by Gasteiger charge is -2.43. The smallest absolute Gasteiger partial charge is 0.191 e. The number of nitrogens with two attached hydrogens (primary N) is 1. The zero-order valence-corrected chi connectivity index (χ0v) is 21.4. The van der Waals surface area contributed by atoms with Crippen LogP contribution in [0.25, 0.3) is 0 Å². The number of benzene rings is 2. The average molecular weight is 550 g/mol. The van der Waals surface area contributed by atoms with Gasteiger partial charge in [0.2, 0.25) is 0 Å². The van der Waals surface area contributed by atoms with Crippen LogP contribution in [0.1, 0.15) is 36.3 Å². The van der Waals surface area contributed by atoms with E-state index in [0.717, 1.165) is 40.4 Å². The number of methoxy groups -OCH3 is 1. The molecule has 0 fully saturated rings. The number of halogens is 2. The molecule has 0 saturated heterocycles. The molecule has 0 saturated carbocycles. The Balaban J connectivity index is 1.81. The van der Waals surface area contributed by atoms with E-state index in [4.69, 9.17) is 26.8 Å². The summed E-state index contributed by atoms with van der Waals surface area (Å²) in [7, 11) is 1.57. The number of nitriles is 3. The van der Waals surface area contributed by atoms with Gasteiger partial charge in [0, 0.05) is 16.0 Å². The second-order valence-corrected chi connectivity index (χ2v) is 9.86. The zero-order chi connectivity index (χ0) is 25.2. The Morgan fingerprint density at radius 2 is 1.89 bits per heavy atom. The van der Waals surface area contributed by atoms with Crippen molar-refractivity contribution in [2.45, 2.75) is 31.8 Å². The molecule has 2 atom stereocenters. The molecular weight excluding hydrogens is 528 g/mol. The average Bonchev–Trinajstić information content (AvgIpc) is 2.87. The first-order valence-electron chi connectivity index (χ1n) is 11.1. The van der Waals surface area contributed by atoms with Crippen molar-refractivity contribution in [1.29, 1.82) is 15.8 Å². The minimum Gasteiger partial charge on any atom is -0.496 e. The molecule has 2 aliphatic rings. The van der Waals surface area contributed by atoms with Crippen LogP contribution in [0.2, 0.25) is 5.02 Å². The van der Waals surface area contributed by atoms with Gasteiger partial charge in [0.1, 0.15) is 24.2 Å². The maximum Gasteiger partial charge on any atom is 0.191 e. The van der Waals surface area contributed by atoms with E-state index in [1.807, 2.05) is 30.3 Å². The van der Waals surface area contributed by atoms with Gasteiger partial charge in [0.05, 0.1) is 35.5 Å². The third-order valence-corrected chi connectivity index (χ3v) is 7.53. The monoisotopic (exact) mass is 548 g/mol. The molecule has 0 amide bonds. The highest BCUT2D eigenvalue weighted by molar-refractivity contribution is 9.10. The summed E-state index contributed by atoms with van der Waals surface area (Å²) in [6, 6.07) is 17.4. The van der Waals surface area contributed by atoms with Gasteiger partial charge >= 0.3 is 0 Å². The van der Waals surface area contributed by atoms with Crippen molar-refractivity contribution in [2.24, 2.45) is 17.1 Å². The topological polar surface area (TPSA) is 116 Å².